The fraction of sp³-hybridized carbons (Fsp3) is 0.278. The highest BCUT2D eigenvalue weighted by Gasteiger charge is 2.20. The molecule has 0 aliphatic heterocycles. The molecule has 0 aliphatic carbocycles. The van der Waals surface area contributed by atoms with E-state index < -0.39 is 11.7 Å². The van der Waals surface area contributed by atoms with Crippen molar-refractivity contribution >= 4 is 12.2 Å². The lowest BCUT2D eigenvalue weighted by atomic mass is 10.1. The van der Waals surface area contributed by atoms with Gasteiger partial charge in [-0.15, -0.1) is 0 Å². The third-order valence-electron chi connectivity index (χ3n) is 3.50. The van der Waals surface area contributed by atoms with Gasteiger partial charge < -0.3 is 15.2 Å². The van der Waals surface area contributed by atoms with Gasteiger partial charge in [0.1, 0.15) is 17.1 Å². The van der Waals surface area contributed by atoms with Gasteiger partial charge in [-0.1, -0.05) is 25.5 Å². The lowest BCUT2D eigenvalue weighted by Crippen LogP contribution is -2.23. The Morgan fingerprint density at radius 1 is 1.36 bits per heavy atom. The quantitative estimate of drug-likeness (QED) is 0.567. The molecule has 25 heavy (non-hydrogen) atoms. The van der Waals surface area contributed by atoms with Crippen LogP contribution in [0.3, 0.4) is 0 Å². The monoisotopic (exact) mass is 346 g/mol. The van der Waals surface area contributed by atoms with Gasteiger partial charge in [-0.05, 0) is 24.1 Å². The molecule has 6 nitrogen and oxygen atoms in total. The molecule has 2 rings (SSSR count). The minimum absolute atomic E-state index is 0.0660. The highest BCUT2D eigenvalue weighted by Crippen LogP contribution is 2.32. The van der Waals surface area contributed by atoms with Crippen molar-refractivity contribution in [2.75, 3.05) is 6.61 Å². The Bertz CT molecular complexity index is 747. The first kappa shape index (κ1) is 18.4. The van der Waals surface area contributed by atoms with Crippen molar-refractivity contribution in [3.8, 4) is 11.5 Å². The number of nitrogens with one attached hydrogen (secondary N) is 1. The maximum atomic E-state index is 12.9. The predicted octanol–water partition coefficient (Wildman–Crippen LogP) is 2.85. The summed E-state index contributed by atoms with van der Waals surface area (Å²) < 4.78 is 18.3. The molecule has 132 valence electrons. The highest BCUT2D eigenvalue weighted by molar-refractivity contribution is 5.98. The van der Waals surface area contributed by atoms with Crippen molar-refractivity contribution in [2.45, 2.75) is 26.3 Å². The average molecular weight is 346 g/mol. The Hall–Kier alpha value is -2.96. The van der Waals surface area contributed by atoms with Crippen LogP contribution in [0, 0.1) is 5.82 Å². The molecule has 0 radical (unpaired) electrons. The number of nitrogens with zero attached hydrogens (tertiary/aromatic N) is 1. The summed E-state index contributed by atoms with van der Waals surface area (Å²) in [6.45, 7) is 2.43. The van der Waals surface area contributed by atoms with Crippen LogP contribution in [0.2, 0.25) is 0 Å². The molecule has 1 aromatic heterocycles. The Kier molecular flexibility index (Phi) is 6.45. The van der Waals surface area contributed by atoms with E-state index in [4.69, 9.17) is 4.74 Å². The third-order valence-corrected chi connectivity index (χ3v) is 3.50. The maximum absolute atomic E-state index is 12.9. The Labute approximate surface area is 144 Å². The van der Waals surface area contributed by atoms with E-state index in [-0.39, 0.29) is 29.4 Å². The Morgan fingerprint density at radius 2 is 2.08 bits per heavy atom. The van der Waals surface area contributed by atoms with Gasteiger partial charge in [-0.2, -0.15) is 0 Å². The number of hydrogen-bond acceptors (Lipinski definition) is 5. The molecule has 0 aliphatic rings. The van der Waals surface area contributed by atoms with Crippen molar-refractivity contribution in [1.29, 1.82) is 0 Å². The number of rotatable bonds is 8. The molecule has 0 atom stereocenters. The van der Waals surface area contributed by atoms with Gasteiger partial charge in [-0.25, -0.2) is 9.37 Å². The number of ether oxygens (including phenoxy) is 1. The number of carbonyl (C=O) groups excluding carboxylic acids is 2. The van der Waals surface area contributed by atoms with Gasteiger partial charge in [0.15, 0.2) is 17.8 Å². The van der Waals surface area contributed by atoms with E-state index in [9.17, 15) is 19.1 Å². The van der Waals surface area contributed by atoms with Crippen LogP contribution < -0.4 is 10.1 Å². The Morgan fingerprint density at radius 3 is 2.72 bits per heavy atom. The van der Waals surface area contributed by atoms with Crippen LogP contribution in [0.1, 0.15) is 46.2 Å². The zero-order valence-corrected chi connectivity index (χ0v) is 13.8. The summed E-state index contributed by atoms with van der Waals surface area (Å²) in [5.74, 6) is -1.47. The standard InChI is InChI=1S/C18H19FN2O4/c1-2-3-8-25-17-15(11-22)20-10-14(16(17)23)18(24)21-9-12-4-6-13(19)7-5-12/h4-7,10-11H,2-3,8-9H2,1H3,(H,20,23)(H,21,24). The largest absolute Gasteiger partial charge is 0.504 e. The molecule has 0 spiro atoms. The summed E-state index contributed by atoms with van der Waals surface area (Å²) in [6, 6.07) is 5.67. The second kappa shape index (κ2) is 8.77. The SMILES string of the molecule is CCCCOc1c(C=O)ncc(C(=O)NCc2ccc(F)cc2)c1O. The zero-order valence-electron chi connectivity index (χ0n) is 13.8. The minimum Gasteiger partial charge on any atom is -0.504 e. The molecule has 2 N–H and O–H groups in total. The molecule has 0 fully saturated rings. The van der Waals surface area contributed by atoms with E-state index in [1.807, 2.05) is 6.92 Å². The molecule has 0 unspecified atom stereocenters. The lowest BCUT2D eigenvalue weighted by molar-refractivity contribution is 0.0945. The van der Waals surface area contributed by atoms with Gasteiger partial charge >= 0.3 is 0 Å². The number of pyridine rings is 1. The molecule has 1 amide bonds. The zero-order chi connectivity index (χ0) is 18.2. The highest BCUT2D eigenvalue weighted by atomic mass is 19.1. The van der Waals surface area contributed by atoms with Crippen molar-refractivity contribution in [3.05, 3.63) is 53.1 Å². The van der Waals surface area contributed by atoms with Crippen LogP contribution in [0.15, 0.2) is 30.5 Å². The van der Waals surface area contributed by atoms with Crippen molar-refractivity contribution < 1.29 is 23.8 Å². The normalized spacial score (nSPS) is 10.3. The second-order valence-corrected chi connectivity index (χ2v) is 5.36. The molecule has 0 saturated heterocycles. The maximum Gasteiger partial charge on any atom is 0.257 e. The third kappa shape index (κ3) is 4.76. The number of unbranched alkanes of at least 4 members (excludes halogenated alkanes) is 1. The Balaban J connectivity index is 2.13. The summed E-state index contributed by atoms with van der Waals surface area (Å²) in [6.07, 6.45) is 3.19. The lowest BCUT2D eigenvalue weighted by Gasteiger charge is -2.12. The summed E-state index contributed by atoms with van der Waals surface area (Å²) in [5, 5.41) is 12.9. The van der Waals surface area contributed by atoms with E-state index >= 15 is 0 Å². The number of aromatic nitrogens is 1. The topological polar surface area (TPSA) is 88.5 Å². The molecule has 1 heterocycles. The predicted molar refractivity (Wildman–Crippen MR) is 89.3 cm³/mol. The fourth-order valence-electron chi connectivity index (χ4n) is 2.09. The van der Waals surface area contributed by atoms with E-state index in [1.54, 1.807) is 12.1 Å². The van der Waals surface area contributed by atoms with E-state index in [0.29, 0.717) is 18.5 Å². The number of aldehydes is 1. The molecule has 0 saturated carbocycles. The number of hydrogen-bond donors (Lipinski definition) is 2. The van der Waals surface area contributed by atoms with Crippen LogP contribution in [0.4, 0.5) is 4.39 Å². The van der Waals surface area contributed by atoms with Crippen LogP contribution in [0.5, 0.6) is 11.5 Å². The first-order chi connectivity index (χ1) is 12.1. The van der Waals surface area contributed by atoms with Gasteiger partial charge in [0.2, 0.25) is 0 Å². The molecule has 0 bridgehead atoms. The van der Waals surface area contributed by atoms with E-state index in [2.05, 4.69) is 10.3 Å². The summed E-state index contributed by atoms with van der Waals surface area (Å²) in [7, 11) is 0. The number of carbonyl (C=O) groups is 2. The van der Waals surface area contributed by atoms with Crippen LogP contribution >= 0.6 is 0 Å². The minimum atomic E-state index is -0.577. The number of aromatic hydroxyl groups is 1. The number of halogens is 1. The van der Waals surface area contributed by atoms with Gasteiger partial charge in [0.05, 0.1) is 6.61 Å². The van der Waals surface area contributed by atoms with Gasteiger partial charge in [-0.3, -0.25) is 9.59 Å². The smallest absolute Gasteiger partial charge is 0.257 e. The second-order valence-electron chi connectivity index (χ2n) is 5.36. The number of amides is 1. The van der Waals surface area contributed by atoms with Crippen LogP contribution in [-0.4, -0.2) is 28.9 Å². The van der Waals surface area contributed by atoms with E-state index in [0.717, 1.165) is 19.0 Å². The van der Waals surface area contributed by atoms with Crippen molar-refractivity contribution in [2.24, 2.45) is 0 Å². The fourth-order valence-corrected chi connectivity index (χ4v) is 2.09. The molecular weight excluding hydrogens is 327 g/mol. The molecular formula is C18H19FN2O4. The average Bonchev–Trinajstić information content (AvgIpc) is 2.62. The van der Waals surface area contributed by atoms with Crippen LogP contribution in [0.25, 0.3) is 0 Å². The summed E-state index contributed by atoms with van der Waals surface area (Å²) >= 11 is 0. The van der Waals surface area contributed by atoms with E-state index in [1.165, 1.54) is 12.1 Å². The summed E-state index contributed by atoms with van der Waals surface area (Å²) in [5.41, 5.74) is 0.536. The summed E-state index contributed by atoms with van der Waals surface area (Å²) in [4.78, 5) is 27.2. The molecule has 2 aromatic rings. The van der Waals surface area contributed by atoms with Crippen molar-refractivity contribution in [1.82, 2.24) is 10.3 Å². The van der Waals surface area contributed by atoms with Crippen LogP contribution in [-0.2, 0) is 6.54 Å². The van der Waals surface area contributed by atoms with Gasteiger partial charge in [0, 0.05) is 12.7 Å². The first-order valence-corrected chi connectivity index (χ1v) is 7.89. The van der Waals surface area contributed by atoms with Gasteiger partial charge in [0.25, 0.3) is 5.91 Å². The first-order valence-electron chi connectivity index (χ1n) is 7.89. The van der Waals surface area contributed by atoms with Crippen molar-refractivity contribution in [3.63, 3.8) is 0 Å². The molecule has 7 heteroatoms. The molecule has 1 aromatic carbocycles. The number of benzene rings is 1.